The molecule has 3 aromatic rings. The molecule has 0 aliphatic carbocycles. The number of nitrogen functional groups attached to an aromatic ring is 1. The molecule has 33 heavy (non-hydrogen) atoms. The minimum atomic E-state index is -1.05. The van der Waals surface area contributed by atoms with Crippen molar-refractivity contribution in [3.63, 3.8) is 0 Å². The number of rotatable bonds is 3. The van der Waals surface area contributed by atoms with Crippen LogP contribution in [0.25, 0.3) is 22.0 Å². The zero-order chi connectivity index (χ0) is 23.9. The number of benzene rings is 2. The number of carbonyl (C=O) groups is 1. The lowest BCUT2D eigenvalue weighted by Crippen LogP contribution is -2.48. The van der Waals surface area contributed by atoms with Gasteiger partial charge in [-0.15, -0.1) is 0 Å². The largest absolute Gasteiger partial charge is 0.496 e. The Balaban J connectivity index is 1.97. The highest BCUT2D eigenvalue weighted by molar-refractivity contribution is 6.34. The van der Waals surface area contributed by atoms with Gasteiger partial charge in [0.05, 0.1) is 23.4 Å². The number of nitriles is 1. The van der Waals surface area contributed by atoms with Gasteiger partial charge in [0.25, 0.3) is 0 Å². The zero-order valence-electron chi connectivity index (χ0n) is 17.4. The Morgan fingerprint density at radius 3 is 2.58 bits per heavy atom. The Morgan fingerprint density at radius 1 is 1.27 bits per heavy atom. The van der Waals surface area contributed by atoms with Gasteiger partial charge in [-0.25, -0.2) is 18.6 Å². The second kappa shape index (κ2) is 8.60. The molecule has 170 valence electrons. The van der Waals surface area contributed by atoms with Crippen molar-refractivity contribution in [2.24, 2.45) is 0 Å². The Labute approximate surface area is 192 Å². The molecule has 1 amide bonds. The molecular weight excluding hydrogens is 456 g/mol. The van der Waals surface area contributed by atoms with Crippen molar-refractivity contribution in [3.05, 3.63) is 46.5 Å². The predicted molar refractivity (Wildman–Crippen MR) is 120 cm³/mol. The SMILES string of the molecule is COc1cccc(F)c1-c1c(Cl)cc2c(N3CCN(C(=O)O)CC3)c(C#N)c(N)nc2c1F. The molecule has 0 radical (unpaired) electrons. The molecule has 0 saturated carbocycles. The minimum absolute atomic E-state index is 0.0259. The topological polar surface area (TPSA) is 116 Å². The van der Waals surface area contributed by atoms with Crippen molar-refractivity contribution < 1.29 is 23.4 Å². The molecule has 1 saturated heterocycles. The maximum absolute atomic E-state index is 15.8. The number of hydrogen-bond donors (Lipinski definition) is 2. The molecule has 2 heterocycles. The minimum Gasteiger partial charge on any atom is -0.496 e. The number of nitrogens with zero attached hydrogens (tertiary/aromatic N) is 4. The highest BCUT2D eigenvalue weighted by Gasteiger charge is 2.29. The van der Waals surface area contributed by atoms with Crippen LogP contribution in [0.2, 0.25) is 5.02 Å². The third-order valence-corrected chi connectivity index (χ3v) is 5.89. The summed E-state index contributed by atoms with van der Waals surface area (Å²) in [4.78, 5) is 18.3. The Morgan fingerprint density at radius 2 is 1.97 bits per heavy atom. The maximum atomic E-state index is 15.8. The Hall–Kier alpha value is -3.84. The summed E-state index contributed by atoms with van der Waals surface area (Å²) in [6.07, 6.45) is -1.05. The second-order valence-corrected chi connectivity index (χ2v) is 7.76. The monoisotopic (exact) mass is 473 g/mol. The number of amides is 1. The molecular formula is C22H18ClF2N5O3. The summed E-state index contributed by atoms with van der Waals surface area (Å²) in [7, 11) is 1.33. The van der Waals surface area contributed by atoms with E-state index < -0.39 is 17.7 Å². The van der Waals surface area contributed by atoms with Crippen LogP contribution in [-0.2, 0) is 0 Å². The standard InChI is InChI=1S/C22H18ClF2N5O3/c1-33-15-4-2-3-14(24)17(15)16-13(23)9-11-19(18(16)25)28-21(27)12(10-26)20(11)29-5-7-30(8-6-29)22(31)32/h2-4,9H,5-8H2,1H3,(H2,27,28)(H,31,32). The molecule has 0 atom stereocenters. The Bertz CT molecular complexity index is 1320. The molecule has 0 bridgehead atoms. The van der Waals surface area contributed by atoms with Crippen molar-refractivity contribution in [2.45, 2.75) is 0 Å². The van der Waals surface area contributed by atoms with E-state index in [-0.39, 0.29) is 70.4 Å². The number of fused-ring (bicyclic) bond motifs is 1. The van der Waals surface area contributed by atoms with Crippen LogP contribution in [0.1, 0.15) is 5.56 Å². The average molecular weight is 474 g/mol. The van der Waals surface area contributed by atoms with Gasteiger partial charge in [0.2, 0.25) is 0 Å². The van der Waals surface area contributed by atoms with Gasteiger partial charge in [-0.2, -0.15) is 5.26 Å². The summed E-state index contributed by atoms with van der Waals surface area (Å²) in [5, 5.41) is 19.0. The number of piperazine rings is 1. The van der Waals surface area contributed by atoms with Crippen molar-refractivity contribution in [1.82, 2.24) is 9.88 Å². The molecule has 1 fully saturated rings. The fourth-order valence-electron chi connectivity index (χ4n) is 4.04. The third kappa shape index (κ3) is 3.70. The molecule has 1 aliphatic rings. The molecule has 1 aromatic heterocycles. The summed E-state index contributed by atoms with van der Waals surface area (Å²) < 4.78 is 35.7. The molecule has 0 unspecified atom stereocenters. The van der Waals surface area contributed by atoms with Gasteiger partial charge in [0.15, 0.2) is 5.82 Å². The van der Waals surface area contributed by atoms with Crippen molar-refractivity contribution in [2.75, 3.05) is 43.9 Å². The van der Waals surface area contributed by atoms with Crippen LogP contribution in [-0.4, -0.2) is 54.4 Å². The molecule has 4 rings (SSSR count). The normalized spacial score (nSPS) is 13.8. The smallest absolute Gasteiger partial charge is 0.407 e. The fourth-order valence-corrected chi connectivity index (χ4v) is 4.32. The molecule has 11 heteroatoms. The van der Waals surface area contributed by atoms with E-state index in [1.165, 1.54) is 30.2 Å². The van der Waals surface area contributed by atoms with Gasteiger partial charge in [-0.05, 0) is 18.2 Å². The van der Waals surface area contributed by atoms with E-state index in [1.54, 1.807) is 4.90 Å². The number of hydrogen-bond acceptors (Lipinski definition) is 6. The van der Waals surface area contributed by atoms with E-state index in [4.69, 9.17) is 22.1 Å². The van der Waals surface area contributed by atoms with Crippen LogP contribution in [0, 0.1) is 23.0 Å². The summed E-state index contributed by atoms with van der Waals surface area (Å²) in [6, 6.07) is 7.47. The lowest BCUT2D eigenvalue weighted by molar-refractivity contribution is 0.142. The van der Waals surface area contributed by atoms with Gasteiger partial charge in [-0.1, -0.05) is 17.7 Å². The summed E-state index contributed by atoms with van der Waals surface area (Å²) in [6.45, 7) is 0.874. The van der Waals surface area contributed by atoms with Gasteiger partial charge in [-0.3, -0.25) is 0 Å². The highest BCUT2D eigenvalue weighted by atomic mass is 35.5. The maximum Gasteiger partial charge on any atom is 0.407 e. The molecule has 8 nitrogen and oxygen atoms in total. The number of anilines is 2. The number of methoxy groups -OCH3 is 1. The van der Waals surface area contributed by atoms with Gasteiger partial charge in [0, 0.05) is 37.1 Å². The number of nitrogens with two attached hydrogens (primary N) is 1. The van der Waals surface area contributed by atoms with E-state index in [0.717, 1.165) is 6.07 Å². The zero-order valence-corrected chi connectivity index (χ0v) is 18.2. The van der Waals surface area contributed by atoms with Crippen molar-refractivity contribution >= 4 is 40.1 Å². The lowest BCUT2D eigenvalue weighted by atomic mass is 9.98. The van der Waals surface area contributed by atoms with Crippen LogP contribution in [0.3, 0.4) is 0 Å². The first-order valence-electron chi connectivity index (χ1n) is 9.85. The number of ether oxygens (including phenoxy) is 1. The highest BCUT2D eigenvalue weighted by Crippen LogP contribution is 2.44. The van der Waals surface area contributed by atoms with Crippen LogP contribution in [0.4, 0.5) is 25.1 Å². The third-order valence-electron chi connectivity index (χ3n) is 5.60. The Kier molecular flexibility index (Phi) is 5.82. The van der Waals surface area contributed by atoms with Crippen LogP contribution in [0.5, 0.6) is 5.75 Å². The van der Waals surface area contributed by atoms with E-state index in [9.17, 15) is 19.6 Å². The van der Waals surface area contributed by atoms with Crippen LogP contribution >= 0.6 is 11.6 Å². The average Bonchev–Trinajstić information content (AvgIpc) is 2.80. The lowest BCUT2D eigenvalue weighted by Gasteiger charge is -2.35. The van der Waals surface area contributed by atoms with Gasteiger partial charge < -0.3 is 25.4 Å². The van der Waals surface area contributed by atoms with Gasteiger partial charge >= 0.3 is 6.09 Å². The molecule has 2 aromatic carbocycles. The number of carboxylic acid groups (broad SMARTS) is 1. The number of pyridine rings is 1. The second-order valence-electron chi connectivity index (χ2n) is 7.35. The van der Waals surface area contributed by atoms with Crippen LogP contribution < -0.4 is 15.4 Å². The molecule has 1 aliphatic heterocycles. The van der Waals surface area contributed by atoms with Crippen molar-refractivity contribution in [1.29, 1.82) is 5.26 Å². The summed E-state index contributed by atoms with van der Waals surface area (Å²) >= 11 is 6.45. The van der Waals surface area contributed by atoms with E-state index in [2.05, 4.69) is 4.98 Å². The van der Waals surface area contributed by atoms with Gasteiger partial charge in [0.1, 0.15) is 34.5 Å². The first kappa shape index (κ1) is 22.4. The first-order chi connectivity index (χ1) is 15.8. The van der Waals surface area contributed by atoms with E-state index >= 15 is 4.39 Å². The summed E-state index contributed by atoms with van der Waals surface area (Å²) in [5.74, 6) is -1.77. The van der Waals surface area contributed by atoms with E-state index in [0.29, 0.717) is 5.69 Å². The quantitative estimate of drug-likeness (QED) is 0.588. The number of halogens is 3. The van der Waals surface area contributed by atoms with Crippen molar-refractivity contribution in [3.8, 4) is 22.9 Å². The van der Waals surface area contributed by atoms with Crippen LogP contribution in [0.15, 0.2) is 24.3 Å². The fraction of sp³-hybridized carbons (Fsp3) is 0.227. The van der Waals surface area contributed by atoms with E-state index in [1.807, 2.05) is 6.07 Å². The summed E-state index contributed by atoms with van der Waals surface area (Å²) in [5.41, 5.74) is 5.74. The molecule has 3 N–H and O–H groups in total. The molecule has 0 spiro atoms. The number of aromatic nitrogens is 1. The first-order valence-corrected chi connectivity index (χ1v) is 10.2. The predicted octanol–water partition coefficient (Wildman–Crippen LogP) is 4.10.